The zero-order valence-electron chi connectivity index (χ0n) is 13.9. The average molecular weight is 305 g/mol. The van der Waals surface area contributed by atoms with Crippen molar-refractivity contribution in [2.45, 2.75) is 31.3 Å². The van der Waals surface area contributed by atoms with Gasteiger partial charge in [0.05, 0.1) is 5.60 Å². The molecule has 0 aliphatic carbocycles. The fraction of sp³-hybridized carbons (Fsp3) is 0.647. The van der Waals surface area contributed by atoms with Crippen LogP contribution in [-0.4, -0.2) is 67.1 Å². The second-order valence-electron chi connectivity index (χ2n) is 6.33. The lowest BCUT2D eigenvalue weighted by atomic mass is 9.90. The summed E-state index contributed by atoms with van der Waals surface area (Å²) >= 11 is 0. The Kier molecular flexibility index (Phi) is 5.91. The van der Waals surface area contributed by atoms with E-state index in [0.29, 0.717) is 12.8 Å². The number of aromatic nitrogens is 1. The number of hydrogen-bond acceptors (Lipinski definition) is 4. The van der Waals surface area contributed by atoms with Gasteiger partial charge in [-0.25, -0.2) is 0 Å². The number of pyridine rings is 1. The number of nitrogens with zero attached hydrogens (tertiary/aromatic N) is 3. The monoisotopic (exact) mass is 305 g/mol. The van der Waals surface area contributed by atoms with Gasteiger partial charge in [0.15, 0.2) is 0 Å². The Morgan fingerprint density at radius 2 is 2.09 bits per heavy atom. The minimum atomic E-state index is -0.110. The number of rotatable bonds is 6. The van der Waals surface area contributed by atoms with Crippen molar-refractivity contribution in [3.63, 3.8) is 0 Å². The van der Waals surface area contributed by atoms with Crippen molar-refractivity contribution in [3.05, 3.63) is 30.1 Å². The first-order valence-electron chi connectivity index (χ1n) is 7.92. The van der Waals surface area contributed by atoms with E-state index in [1.807, 2.05) is 23.1 Å². The van der Waals surface area contributed by atoms with Gasteiger partial charge in [-0.1, -0.05) is 6.07 Å². The normalized spacial score (nSPS) is 17.7. The number of amides is 1. The van der Waals surface area contributed by atoms with E-state index in [2.05, 4.69) is 24.0 Å². The van der Waals surface area contributed by atoms with E-state index < -0.39 is 0 Å². The molecule has 1 saturated heterocycles. The minimum Gasteiger partial charge on any atom is -0.377 e. The lowest BCUT2D eigenvalue weighted by Gasteiger charge is -2.42. The molecule has 0 saturated carbocycles. The molecule has 1 aromatic heterocycles. The molecule has 1 aromatic rings. The number of aryl methyl sites for hydroxylation is 1. The summed E-state index contributed by atoms with van der Waals surface area (Å²) in [6.45, 7) is 2.46. The smallest absolute Gasteiger partial charge is 0.222 e. The van der Waals surface area contributed by atoms with E-state index in [1.54, 1.807) is 13.3 Å². The van der Waals surface area contributed by atoms with Gasteiger partial charge in [-0.3, -0.25) is 9.78 Å². The molecule has 2 rings (SSSR count). The first-order chi connectivity index (χ1) is 10.5. The summed E-state index contributed by atoms with van der Waals surface area (Å²) < 4.78 is 5.76. The predicted molar refractivity (Wildman–Crippen MR) is 86.7 cm³/mol. The molecule has 0 unspecified atom stereocenters. The van der Waals surface area contributed by atoms with Gasteiger partial charge >= 0.3 is 0 Å². The van der Waals surface area contributed by atoms with Gasteiger partial charge in [-0.05, 0) is 45.5 Å². The van der Waals surface area contributed by atoms with Crippen LogP contribution in [0.25, 0.3) is 0 Å². The summed E-state index contributed by atoms with van der Waals surface area (Å²) in [7, 11) is 5.90. The third kappa shape index (κ3) is 4.52. The second kappa shape index (κ2) is 7.70. The van der Waals surface area contributed by atoms with Crippen LogP contribution in [0.3, 0.4) is 0 Å². The highest BCUT2D eigenvalue weighted by Gasteiger charge is 2.36. The fourth-order valence-corrected chi connectivity index (χ4v) is 3.11. The zero-order chi connectivity index (χ0) is 16.0. The number of methoxy groups -OCH3 is 1. The maximum Gasteiger partial charge on any atom is 0.222 e. The van der Waals surface area contributed by atoms with Crippen molar-refractivity contribution >= 4 is 5.91 Å². The zero-order valence-corrected chi connectivity index (χ0v) is 13.9. The summed E-state index contributed by atoms with van der Waals surface area (Å²) in [5.74, 6) is 0.222. The minimum absolute atomic E-state index is 0.110. The number of piperidine rings is 1. The molecule has 0 spiro atoms. The van der Waals surface area contributed by atoms with Crippen LogP contribution in [0.2, 0.25) is 0 Å². The molecule has 2 heterocycles. The number of carbonyl (C=O) groups excluding carboxylic acids is 1. The highest BCUT2D eigenvalue weighted by atomic mass is 16.5. The summed E-state index contributed by atoms with van der Waals surface area (Å²) in [6.07, 6.45) is 4.82. The van der Waals surface area contributed by atoms with E-state index >= 15 is 0 Å². The Morgan fingerprint density at radius 3 is 2.64 bits per heavy atom. The van der Waals surface area contributed by atoms with Crippen molar-refractivity contribution in [2.75, 3.05) is 40.8 Å². The van der Waals surface area contributed by atoms with Crippen LogP contribution in [0.15, 0.2) is 24.4 Å². The van der Waals surface area contributed by atoms with E-state index in [-0.39, 0.29) is 11.5 Å². The fourth-order valence-electron chi connectivity index (χ4n) is 3.11. The second-order valence-corrected chi connectivity index (χ2v) is 6.33. The molecule has 1 amide bonds. The van der Waals surface area contributed by atoms with Crippen molar-refractivity contribution in [1.82, 2.24) is 14.8 Å². The van der Waals surface area contributed by atoms with Crippen LogP contribution in [0.1, 0.15) is 25.0 Å². The molecule has 122 valence electrons. The molecule has 0 N–H and O–H groups in total. The maximum atomic E-state index is 12.3. The van der Waals surface area contributed by atoms with Crippen molar-refractivity contribution < 1.29 is 9.53 Å². The van der Waals surface area contributed by atoms with Crippen LogP contribution in [0, 0.1) is 0 Å². The molecule has 22 heavy (non-hydrogen) atoms. The molecule has 1 aliphatic rings. The summed E-state index contributed by atoms with van der Waals surface area (Å²) in [5.41, 5.74) is 0.869. The Bertz CT molecular complexity index is 468. The summed E-state index contributed by atoms with van der Waals surface area (Å²) in [4.78, 5) is 20.7. The van der Waals surface area contributed by atoms with Crippen molar-refractivity contribution in [1.29, 1.82) is 0 Å². The predicted octanol–water partition coefficient (Wildman–Crippen LogP) is 1.58. The molecule has 0 aromatic carbocycles. The third-order valence-corrected chi connectivity index (χ3v) is 4.39. The topological polar surface area (TPSA) is 45.7 Å². The van der Waals surface area contributed by atoms with Crippen LogP contribution in [0.5, 0.6) is 0 Å². The molecular formula is C17H27N3O2. The van der Waals surface area contributed by atoms with Gasteiger partial charge < -0.3 is 14.5 Å². The Balaban J connectivity index is 1.81. The number of likely N-dealkylation sites (tertiary alicyclic amines) is 1. The molecule has 1 fully saturated rings. The molecule has 0 bridgehead atoms. The number of ether oxygens (including phenoxy) is 1. The molecule has 5 nitrogen and oxygen atoms in total. The first kappa shape index (κ1) is 16.9. The van der Waals surface area contributed by atoms with Crippen LogP contribution in [-0.2, 0) is 16.0 Å². The lowest BCUT2D eigenvalue weighted by Crippen LogP contribution is -2.52. The van der Waals surface area contributed by atoms with Crippen LogP contribution in [0.4, 0.5) is 0 Å². The molecular weight excluding hydrogens is 278 g/mol. The van der Waals surface area contributed by atoms with Gasteiger partial charge in [-0.2, -0.15) is 0 Å². The number of carbonyl (C=O) groups is 1. The number of hydrogen-bond donors (Lipinski definition) is 0. The van der Waals surface area contributed by atoms with E-state index in [4.69, 9.17) is 4.74 Å². The van der Waals surface area contributed by atoms with E-state index in [9.17, 15) is 4.79 Å². The van der Waals surface area contributed by atoms with Crippen LogP contribution >= 0.6 is 0 Å². The molecule has 5 heteroatoms. The quantitative estimate of drug-likeness (QED) is 0.800. The number of likely N-dealkylation sites (N-methyl/N-ethyl adjacent to an activating group) is 1. The summed E-state index contributed by atoms with van der Waals surface area (Å²) in [6, 6.07) is 5.82. The van der Waals surface area contributed by atoms with Crippen molar-refractivity contribution in [2.24, 2.45) is 0 Å². The molecule has 1 aliphatic heterocycles. The van der Waals surface area contributed by atoms with Crippen molar-refractivity contribution in [3.8, 4) is 0 Å². The standard InChI is InChI=1S/C17H27N3O2/c1-19(2)14-17(22-3)9-12-20(13-10-17)16(21)8-7-15-6-4-5-11-18-15/h4-6,11H,7-10,12-14H2,1-3H3. The lowest BCUT2D eigenvalue weighted by molar-refractivity contribution is -0.137. The highest BCUT2D eigenvalue weighted by Crippen LogP contribution is 2.26. The first-order valence-corrected chi connectivity index (χ1v) is 7.92. The SMILES string of the molecule is COC1(CN(C)C)CCN(C(=O)CCc2ccccn2)CC1. The van der Waals surface area contributed by atoms with Crippen LogP contribution < -0.4 is 0 Å². The van der Waals surface area contributed by atoms with Gasteiger partial charge in [-0.15, -0.1) is 0 Å². The third-order valence-electron chi connectivity index (χ3n) is 4.39. The van der Waals surface area contributed by atoms with E-state index in [1.165, 1.54) is 0 Å². The Labute approximate surface area is 133 Å². The van der Waals surface area contributed by atoms with E-state index in [0.717, 1.165) is 38.2 Å². The maximum absolute atomic E-state index is 12.3. The highest BCUT2D eigenvalue weighted by molar-refractivity contribution is 5.76. The average Bonchev–Trinajstić information content (AvgIpc) is 2.53. The van der Waals surface area contributed by atoms with Gasteiger partial charge in [0.25, 0.3) is 0 Å². The molecule has 0 radical (unpaired) electrons. The molecule has 0 atom stereocenters. The van der Waals surface area contributed by atoms with Gasteiger partial charge in [0.2, 0.25) is 5.91 Å². The Hall–Kier alpha value is -1.46. The van der Waals surface area contributed by atoms with Gasteiger partial charge in [0, 0.05) is 45.1 Å². The van der Waals surface area contributed by atoms with Gasteiger partial charge in [0.1, 0.15) is 0 Å². The Morgan fingerprint density at radius 1 is 1.36 bits per heavy atom. The summed E-state index contributed by atoms with van der Waals surface area (Å²) in [5, 5.41) is 0. The largest absolute Gasteiger partial charge is 0.377 e.